The zero-order valence-electron chi connectivity index (χ0n) is 26.3. The highest BCUT2D eigenvalue weighted by molar-refractivity contribution is 6.01. The number of hydrogen-bond donors (Lipinski definition) is 3. The molecule has 3 atom stereocenters. The van der Waals surface area contributed by atoms with E-state index in [2.05, 4.69) is 30.2 Å². The number of aliphatic imine (C=N–C) groups is 1. The van der Waals surface area contributed by atoms with E-state index in [-0.39, 0.29) is 59.8 Å². The smallest absolute Gasteiger partial charge is 0.319 e. The number of nitrogens with zero attached hydrogens (tertiary/aromatic N) is 6. The van der Waals surface area contributed by atoms with Gasteiger partial charge in [0, 0.05) is 56.5 Å². The first-order valence-electron chi connectivity index (χ1n) is 15.5. The van der Waals surface area contributed by atoms with Gasteiger partial charge in [-0.25, -0.2) is 8.78 Å². The standard InChI is InChI=1S/C33H39F2N7O4/c1-5-22-25(34)8-7-18-11-21(43)13-23(26(18)22)28-27(35)29-24(14-37-28)30(42-10-6-9-33(2,45)17-42)40-32(39-29)46-16-20-12-19(15-41(20)4)38-31(44)36-3/h7-8,11,13-14,19-20,43,45H,5-6,9-10,12,15-17H2,1-4H3,(H2,36,38,44)/p-1/t19-,20+,33-/m1/s1. The summed E-state index contributed by atoms with van der Waals surface area (Å²) < 4.78 is 37.8. The van der Waals surface area contributed by atoms with E-state index in [9.17, 15) is 19.7 Å². The van der Waals surface area contributed by atoms with Crippen LogP contribution < -0.4 is 20.1 Å². The van der Waals surface area contributed by atoms with Crippen LogP contribution in [0.15, 0.2) is 35.5 Å². The number of phenolic OH excluding ortho intramolecular Hbond substituents is 1. The Kier molecular flexibility index (Phi) is 8.55. The Morgan fingerprint density at radius 2 is 2.07 bits per heavy atom. The van der Waals surface area contributed by atoms with Crippen molar-refractivity contribution in [1.29, 1.82) is 0 Å². The van der Waals surface area contributed by atoms with E-state index in [1.165, 1.54) is 31.4 Å². The fourth-order valence-electron chi connectivity index (χ4n) is 6.74. The Morgan fingerprint density at radius 3 is 2.80 bits per heavy atom. The lowest BCUT2D eigenvalue weighted by Crippen LogP contribution is -2.46. The summed E-state index contributed by atoms with van der Waals surface area (Å²) in [5, 5.41) is 37.4. The molecule has 2 aromatic heterocycles. The van der Waals surface area contributed by atoms with Crippen molar-refractivity contribution in [1.82, 2.24) is 25.2 Å². The molecule has 3 N–H and O–H groups in total. The Hall–Kier alpha value is -4.36. The van der Waals surface area contributed by atoms with Crippen molar-refractivity contribution in [3.8, 4) is 23.0 Å². The summed E-state index contributed by atoms with van der Waals surface area (Å²) in [4.78, 5) is 21.3. The predicted molar refractivity (Wildman–Crippen MR) is 170 cm³/mol. The molecule has 0 spiro atoms. The Morgan fingerprint density at radius 1 is 1.26 bits per heavy atom. The minimum absolute atomic E-state index is 0.0457. The molecule has 0 aliphatic carbocycles. The molecule has 2 fully saturated rings. The summed E-state index contributed by atoms with van der Waals surface area (Å²) in [5.74, 6) is -0.919. The predicted octanol–water partition coefficient (Wildman–Crippen LogP) is 3.13. The van der Waals surface area contributed by atoms with E-state index < -0.39 is 17.2 Å². The first-order valence-corrected chi connectivity index (χ1v) is 15.5. The second-order valence-corrected chi connectivity index (χ2v) is 12.5. The molecule has 4 aromatic rings. The van der Waals surface area contributed by atoms with Crippen molar-refractivity contribution in [2.24, 2.45) is 4.99 Å². The maximum Gasteiger partial charge on any atom is 0.319 e. The van der Waals surface area contributed by atoms with Gasteiger partial charge in [0.05, 0.1) is 11.0 Å². The number of aliphatic hydroxyl groups is 1. The fourth-order valence-corrected chi connectivity index (χ4v) is 6.74. The molecule has 46 heavy (non-hydrogen) atoms. The number of piperidine rings is 1. The number of amidine groups is 1. The monoisotopic (exact) mass is 634 g/mol. The number of anilines is 1. The Labute approximate surface area is 265 Å². The van der Waals surface area contributed by atoms with E-state index in [1.807, 2.05) is 18.9 Å². The van der Waals surface area contributed by atoms with Crippen LogP contribution in [0.1, 0.15) is 38.7 Å². The number of fused-ring (bicyclic) bond motifs is 2. The van der Waals surface area contributed by atoms with Crippen molar-refractivity contribution >= 4 is 33.5 Å². The van der Waals surface area contributed by atoms with Gasteiger partial charge in [-0.3, -0.25) is 14.9 Å². The summed E-state index contributed by atoms with van der Waals surface area (Å²) in [6.45, 7) is 5.22. The number of benzene rings is 2. The van der Waals surface area contributed by atoms with Crippen LogP contribution in [0, 0.1) is 11.6 Å². The summed E-state index contributed by atoms with van der Waals surface area (Å²) in [5.41, 5.74) is -0.477. The highest BCUT2D eigenvalue weighted by Crippen LogP contribution is 2.39. The van der Waals surface area contributed by atoms with Crippen molar-refractivity contribution in [3.63, 3.8) is 0 Å². The highest BCUT2D eigenvalue weighted by atomic mass is 19.1. The molecule has 2 aliphatic heterocycles. The van der Waals surface area contributed by atoms with Crippen LogP contribution in [-0.2, 0) is 6.42 Å². The van der Waals surface area contributed by atoms with E-state index in [0.717, 1.165) is 0 Å². The zero-order valence-corrected chi connectivity index (χ0v) is 26.3. The number of aromatic nitrogens is 3. The van der Waals surface area contributed by atoms with Gasteiger partial charge < -0.3 is 30.3 Å². The third-order valence-electron chi connectivity index (χ3n) is 9.00. The summed E-state index contributed by atoms with van der Waals surface area (Å²) in [6.07, 6.45) is 3.77. The van der Waals surface area contributed by atoms with Crippen molar-refractivity contribution in [3.05, 3.63) is 47.7 Å². The van der Waals surface area contributed by atoms with Crippen LogP contribution in [0.3, 0.4) is 0 Å². The average Bonchev–Trinajstić information content (AvgIpc) is 3.37. The molecule has 11 nitrogen and oxygen atoms in total. The van der Waals surface area contributed by atoms with Gasteiger partial charge in [0.15, 0.2) is 5.82 Å². The molecule has 6 rings (SSSR count). The summed E-state index contributed by atoms with van der Waals surface area (Å²) in [6, 6.07) is 5.19. The van der Waals surface area contributed by atoms with Gasteiger partial charge in [-0.15, -0.1) is 0 Å². The minimum Gasteiger partial charge on any atom is -0.846 e. The molecule has 244 valence electrons. The van der Waals surface area contributed by atoms with Gasteiger partial charge >= 0.3 is 6.01 Å². The highest BCUT2D eigenvalue weighted by Gasteiger charge is 2.33. The number of nitrogens with one attached hydrogen (secondary N) is 1. The number of hydrogen-bond acceptors (Lipinski definition) is 10. The zero-order chi connectivity index (χ0) is 32.7. The fraction of sp³-hybridized carbons (Fsp3) is 0.455. The molecule has 0 radical (unpaired) electrons. The molecule has 2 aliphatic rings. The van der Waals surface area contributed by atoms with Crippen LogP contribution in [0.25, 0.3) is 32.9 Å². The SMILES string of the molecule is CCc1c(F)ccc2cc(O)cc(-c3ncc4c(N5CCC[C@@](C)(O)C5)nc(OC[C@@H]5C[C@@H](NC([O-])=NC)CN5C)nc4c3F)c12. The van der Waals surface area contributed by atoms with Crippen LogP contribution in [0.2, 0.25) is 0 Å². The number of aryl methyl sites for hydroxylation is 1. The molecule has 0 saturated carbocycles. The molecular formula is C33H38F2N7O4-. The molecular weight excluding hydrogens is 596 g/mol. The van der Waals surface area contributed by atoms with Crippen molar-refractivity contribution in [2.75, 3.05) is 45.2 Å². The second-order valence-electron chi connectivity index (χ2n) is 12.5. The van der Waals surface area contributed by atoms with Crippen molar-refractivity contribution < 1.29 is 28.8 Å². The summed E-state index contributed by atoms with van der Waals surface area (Å²) >= 11 is 0. The third-order valence-corrected chi connectivity index (χ3v) is 9.00. The molecule has 2 saturated heterocycles. The van der Waals surface area contributed by atoms with Gasteiger partial charge in [-0.2, -0.15) is 9.97 Å². The Balaban J connectivity index is 1.44. The van der Waals surface area contributed by atoms with Gasteiger partial charge in [0.2, 0.25) is 0 Å². The molecule has 0 bridgehead atoms. The second kappa shape index (κ2) is 12.4. The maximum atomic E-state index is 16.7. The third kappa shape index (κ3) is 6.08. The number of halogens is 2. The van der Waals surface area contributed by atoms with E-state index >= 15 is 4.39 Å². The number of likely N-dealkylation sites (N-methyl/N-ethyl adjacent to an activating group) is 1. The quantitative estimate of drug-likeness (QED) is 0.205. The number of phenols is 1. The lowest BCUT2D eigenvalue weighted by atomic mass is 9.94. The van der Waals surface area contributed by atoms with Crippen molar-refractivity contribution in [2.45, 2.75) is 57.2 Å². The molecule has 0 unspecified atom stereocenters. The number of aromatic hydroxyl groups is 1. The van der Waals surface area contributed by atoms with E-state index in [4.69, 9.17) is 4.74 Å². The largest absolute Gasteiger partial charge is 0.846 e. The van der Waals surface area contributed by atoms with Crippen LogP contribution >= 0.6 is 0 Å². The average molecular weight is 635 g/mol. The molecule has 4 heterocycles. The number of rotatable bonds is 7. The number of pyridine rings is 1. The van der Waals surface area contributed by atoms with Crippen LogP contribution in [0.4, 0.5) is 14.6 Å². The van der Waals surface area contributed by atoms with Gasteiger partial charge in [0.1, 0.15) is 35.2 Å². The molecule has 0 amide bonds. The summed E-state index contributed by atoms with van der Waals surface area (Å²) in [7, 11) is 3.37. The van der Waals surface area contributed by atoms with E-state index in [0.29, 0.717) is 66.3 Å². The van der Waals surface area contributed by atoms with Crippen LogP contribution in [0.5, 0.6) is 11.8 Å². The maximum absolute atomic E-state index is 16.7. The topological polar surface area (TPSA) is 142 Å². The number of β-amino-alcohol motifs (C(OH)–C–C–N with tert-alkyl or cyclic N) is 1. The van der Waals surface area contributed by atoms with Gasteiger partial charge in [0.25, 0.3) is 0 Å². The first kappa shape index (κ1) is 31.6. The molecule has 2 aromatic carbocycles. The lowest BCUT2D eigenvalue weighted by Gasteiger charge is -2.37. The lowest BCUT2D eigenvalue weighted by molar-refractivity contribution is -0.222. The first-order chi connectivity index (χ1) is 22.0. The number of ether oxygens (including phenoxy) is 1. The minimum atomic E-state index is -0.972. The van der Waals surface area contributed by atoms with Crippen LogP contribution in [-0.4, -0.2) is 94.1 Å². The Bertz CT molecular complexity index is 1820. The molecule has 13 heteroatoms. The number of likely N-dealkylation sites (tertiary alicyclic amines) is 1. The van der Waals surface area contributed by atoms with Gasteiger partial charge in [-0.1, -0.05) is 13.0 Å². The van der Waals surface area contributed by atoms with Gasteiger partial charge in [-0.05, 0) is 74.2 Å². The normalized spacial score (nSPS) is 22.6. The van der Waals surface area contributed by atoms with E-state index in [1.54, 1.807) is 13.0 Å².